The van der Waals surface area contributed by atoms with E-state index in [1.54, 1.807) is 0 Å². The van der Waals surface area contributed by atoms with Crippen LogP contribution in [0.2, 0.25) is 5.02 Å². The van der Waals surface area contributed by atoms with E-state index in [4.69, 9.17) is 30.8 Å². The highest BCUT2D eigenvalue weighted by molar-refractivity contribution is 7.45. The fraction of sp³-hybridized carbons (Fsp3) is 0.609. The lowest BCUT2D eigenvalue weighted by molar-refractivity contribution is 0.270. The standard InChI is InChI=1S/C23H36ClN3.H3O4P/c1-3-5-7-9-16-27(17-10-8-6-4-2)18-15-26-22-13-14-25-23-19-20(24)11-12-21(22)23;1-5(2,3)4/h11-14,19H,3-10,15-18H2,1-2H3,(H,25,26);(H3,1,2,3,4). The number of pyridine rings is 1. The lowest BCUT2D eigenvalue weighted by Crippen LogP contribution is -2.31. The summed E-state index contributed by atoms with van der Waals surface area (Å²) in [7, 11) is -4.64. The predicted molar refractivity (Wildman–Crippen MR) is 134 cm³/mol. The molecule has 0 amide bonds. The lowest BCUT2D eigenvalue weighted by Gasteiger charge is -2.23. The van der Waals surface area contributed by atoms with Gasteiger partial charge in [-0.1, -0.05) is 64.0 Å². The molecule has 0 aliphatic carbocycles. The summed E-state index contributed by atoms with van der Waals surface area (Å²) in [5.41, 5.74) is 2.09. The van der Waals surface area contributed by atoms with Gasteiger partial charge >= 0.3 is 7.82 Å². The quantitative estimate of drug-likeness (QED) is 0.196. The van der Waals surface area contributed by atoms with E-state index in [0.717, 1.165) is 34.7 Å². The summed E-state index contributed by atoms with van der Waals surface area (Å²) >= 11 is 6.09. The molecule has 9 heteroatoms. The Morgan fingerprint density at radius 3 is 2.09 bits per heavy atom. The molecule has 0 saturated carbocycles. The Hall–Kier alpha value is -1.21. The van der Waals surface area contributed by atoms with Gasteiger partial charge in [0, 0.05) is 35.4 Å². The second-order valence-electron chi connectivity index (χ2n) is 7.92. The van der Waals surface area contributed by atoms with Gasteiger partial charge in [0.25, 0.3) is 0 Å². The Morgan fingerprint density at radius 2 is 1.53 bits per heavy atom. The Labute approximate surface area is 197 Å². The first-order chi connectivity index (χ1) is 15.2. The van der Waals surface area contributed by atoms with E-state index in [0.29, 0.717) is 0 Å². The van der Waals surface area contributed by atoms with Crippen LogP contribution in [0.1, 0.15) is 65.2 Å². The van der Waals surface area contributed by atoms with Crippen LogP contribution in [0.3, 0.4) is 0 Å². The van der Waals surface area contributed by atoms with Crippen molar-refractivity contribution < 1.29 is 19.2 Å². The maximum atomic E-state index is 8.88. The van der Waals surface area contributed by atoms with Crippen molar-refractivity contribution in [1.29, 1.82) is 0 Å². The van der Waals surface area contributed by atoms with Crippen LogP contribution < -0.4 is 5.32 Å². The summed E-state index contributed by atoms with van der Waals surface area (Å²) in [6, 6.07) is 7.98. The Bertz CT molecular complexity index is 799. The maximum absolute atomic E-state index is 8.88. The number of fused-ring (bicyclic) bond motifs is 1. The molecule has 0 spiro atoms. The topological polar surface area (TPSA) is 106 Å². The molecule has 32 heavy (non-hydrogen) atoms. The monoisotopic (exact) mass is 487 g/mol. The zero-order chi connectivity index (χ0) is 23.8. The van der Waals surface area contributed by atoms with Crippen molar-refractivity contribution in [3.05, 3.63) is 35.5 Å². The summed E-state index contributed by atoms with van der Waals surface area (Å²) < 4.78 is 8.88. The molecule has 1 heterocycles. The number of hydrogen-bond donors (Lipinski definition) is 4. The molecule has 0 radical (unpaired) electrons. The summed E-state index contributed by atoms with van der Waals surface area (Å²) in [5.74, 6) is 0. The molecule has 182 valence electrons. The van der Waals surface area contributed by atoms with Crippen molar-refractivity contribution in [1.82, 2.24) is 9.88 Å². The summed E-state index contributed by atoms with van der Waals surface area (Å²) in [4.78, 5) is 28.6. The molecule has 1 aromatic heterocycles. The molecule has 0 fully saturated rings. The number of unbranched alkanes of at least 4 members (excludes halogenated alkanes) is 6. The van der Waals surface area contributed by atoms with Gasteiger partial charge in [-0.3, -0.25) is 4.98 Å². The average molecular weight is 488 g/mol. The molecule has 2 aromatic rings. The number of benzene rings is 1. The van der Waals surface area contributed by atoms with E-state index in [9.17, 15) is 0 Å². The van der Waals surface area contributed by atoms with E-state index >= 15 is 0 Å². The molecular weight excluding hydrogens is 449 g/mol. The lowest BCUT2D eigenvalue weighted by atomic mass is 10.1. The number of hydrogen-bond acceptors (Lipinski definition) is 4. The summed E-state index contributed by atoms with van der Waals surface area (Å²) in [5, 5.41) is 5.49. The first kappa shape index (κ1) is 28.8. The van der Waals surface area contributed by atoms with Gasteiger partial charge in [0.2, 0.25) is 0 Å². The Kier molecular flexibility index (Phi) is 14.8. The van der Waals surface area contributed by atoms with Crippen molar-refractivity contribution in [2.24, 2.45) is 0 Å². The second kappa shape index (κ2) is 16.4. The summed E-state index contributed by atoms with van der Waals surface area (Å²) in [6.45, 7) is 9.05. The number of anilines is 1. The second-order valence-corrected chi connectivity index (χ2v) is 9.39. The van der Waals surface area contributed by atoms with Crippen molar-refractivity contribution in [2.45, 2.75) is 65.2 Å². The average Bonchev–Trinajstić information content (AvgIpc) is 2.72. The first-order valence-electron chi connectivity index (χ1n) is 11.5. The third-order valence-corrected chi connectivity index (χ3v) is 5.34. The van der Waals surface area contributed by atoms with Gasteiger partial charge in [-0.2, -0.15) is 0 Å². The third-order valence-electron chi connectivity index (χ3n) is 5.10. The number of rotatable bonds is 14. The largest absolute Gasteiger partial charge is 0.466 e. The van der Waals surface area contributed by atoms with Gasteiger partial charge in [0.05, 0.1) is 5.52 Å². The Balaban J connectivity index is 0.000000920. The van der Waals surface area contributed by atoms with Crippen LogP contribution in [0, 0.1) is 0 Å². The fourth-order valence-corrected chi connectivity index (χ4v) is 3.65. The van der Waals surface area contributed by atoms with E-state index in [1.165, 1.54) is 64.5 Å². The van der Waals surface area contributed by atoms with Crippen LogP contribution in [-0.4, -0.2) is 50.7 Å². The highest BCUT2D eigenvalue weighted by Gasteiger charge is 2.06. The summed E-state index contributed by atoms with van der Waals surface area (Å²) in [6.07, 6.45) is 12.5. The van der Waals surface area contributed by atoms with Crippen molar-refractivity contribution in [2.75, 3.05) is 31.5 Å². The number of nitrogens with one attached hydrogen (secondary N) is 1. The normalized spacial score (nSPS) is 11.5. The molecule has 0 bridgehead atoms. The van der Waals surface area contributed by atoms with Gasteiger partial charge in [-0.15, -0.1) is 0 Å². The zero-order valence-corrected chi connectivity index (χ0v) is 21.0. The minimum atomic E-state index is -4.64. The van der Waals surface area contributed by atoms with Gasteiger partial charge in [0.1, 0.15) is 0 Å². The molecule has 0 atom stereocenters. The van der Waals surface area contributed by atoms with Crippen molar-refractivity contribution >= 4 is 36.0 Å². The highest BCUT2D eigenvalue weighted by Crippen LogP contribution is 2.26. The highest BCUT2D eigenvalue weighted by atomic mass is 35.5. The molecule has 7 nitrogen and oxygen atoms in total. The van der Waals surface area contributed by atoms with E-state index in [2.05, 4.69) is 41.2 Å². The van der Waals surface area contributed by atoms with Gasteiger partial charge in [0.15, 0.2) is 0 Å². The van der Waals surface area contributed by atoms with Crippen LogP contribution in [-0.2, 0) is 4.57 Å². The number of nitrogens with zero attached hydrogens (tertiary/aromatic N) is 2. The van der Waals surface area contributed by atoms with E-state index in [-0.39, 0.29) is 0 Å². The third kappa shape index (κ3) is 14.0. The minimum absolute atomic E-state index is 0.734. The van der Waals surface area contributed by atoms with Crippen LogP contribution in [0.15, 0.2) is 30.5 Å². The SMILES string of the molecule is CCCCCCN(CCCCCC)CCNc1ccnc2cc(Cl)ccc12.O=P(O)(O)O. The number of halogens is 1. The van der Waals surface area contributed by atoms with Crippen molar-refractivity contribution in [3.8, 4) is 0 Å². The molecule has 0 aliphatic rings. The molecule has 1 aromatic carbocycles. The van der Waals surface area contributed by atoms with Crippen LogP contribution >= 0.6 is 19.4 Å². The molecule has 0 unspecified atom stereocenters. The van der Waals surface area contributed by atoms with Gasteiger partial charge < -0.3 is 24.9 Å². The molecule has 0 aliphatic heterocycles. The molecule has 0 saturated heterocycles. The number of phosphoric acid groups is 1. The minimum Gasteiger partial charge on any atom is -0.383 e. The van der Waals surface area contributed by atoms with Crippen LogP contribution in [0.4, 0.5) is 5.69 Å². The zero-order valence-electron chi connectivity index (χ0n) is 19.3. The Morgan fingerprint density at radius 1 is 0.938 bits per heavy atom. The smallest absolute Gasteiger partial charge is 0.383 e. The van der Waals surface area contributed by atoms with E-state index in [1.807, 2.05) is 18.3 Å². The van der Waals surface area contributed by atoms with Crippen LogP contribution in [0.25, 0.3) is 10.9 Å². The predicted octanol–water partition coefficient (Wildman–Crippen LogP) is 5.83. The fourth-order valence-electron chi connectivity index (χ4n) is 3.48. The first-order valence-corrected chi connectivity index (χ1v) is 13.5. The molecule has 2 rings (SSSR count). The molecule has 4 N–H and O–H groups in total. The van der Waals surface area contributed by atoms with Crippen molar-refractivity contribution in [3.63, 3.8) is 0 Å². The van der Waals surface area contributed by atoms with Gasteiger partial charge in [-0.25, -0.2) is 4.57 Å². The number of aromatic nitrogens is 1. The van der Waals surface area contributed by atoms with Crippen LogP contribution in [0.5, 0.6) is 0 Å². The van der Waals surface area contributed by atoms with E-state index < -0.39 is 7.82 Å². The molecular formula is C23H39ClN3O4P. The van der Waals surface area contributed by atoms with Gasteiger partial charge in [-0.05, 0) is 50.2 Å². The maximum Gasteiger partial charge on any atom is 0.466 e.